The highest BCUT2D eigenvalue weighted by molar-refractivity contribution is 6.30. The van der Waals surface area contributed by atoms with Crippen LogP contribution in [0.5, 0.6) is 0 Å². The van der Waals surface area contributed by atoms with Crippen molar-refractivity contribution in [3.63, 3.8) is 0 Å². The van der Waals surface area contributed by atoms with Crippen molar-refractivity contribution >= 4 is 11.6 Å². The Hall–Kier alpha value is -1.45. The van der Waals surface area contributed by atoms with Crippen molar-refractivity contribution in [2.75, 3.05) is 7.05 Å². The van der Waals surface area contributed by atoms with Crippen molar-refractivity contribution in [2.24, 2.45) is 0 Å². The number of aryl methyl sites for hydroxylation is 1. The molecule has 0 bridgehead atoms. The molecule has 1 atom stereocenters. The maximum atomic E-state index is 13.1. The molecule has 2 rings (SSSR count). The first-order valence-corrected chi connectivity index (χ1v) is 7.08. The quantitative estimate of drug-likeness (QED) is 0.879. The first kappa shape index (κ1) is 14.9. The first-order chi connectivity index (χ1) is 9.69. The summed E-state index contributed by atoms with van der Waals surface area (Å²) in [6.07, 6.45) is 4.52. The molecule has 106 valence electrons. The molecule has 20 heavy (non-hydrogen) atoms. The maximum Gasteiger partial charge on any atom is 0.141 e. The summed E-state index contributed by atoms with van der Waals surface area (Å²) in [5.74, 6) is -0.370. The van der Waals surface area contributed by atoms with Crippen molar-refractivity contribution in [3.05, 3.63) is 64.7 Å². The Balaban J connectivity index is 1.93. The highest BCUT2D eigenvalue weighted by Gasteiger charge is 2.09. The molecular weight excluding hydrogens is 275 g/mol. The van der Waals surface area contributed by atoms with E-state index >= 15 is 0 Å². The van der Waals surface area contributed by atoms with Crippen LogP contribution in [0.3, 0.4) is 0 Å². The Morgan fingerprint density at radius 3 is 2.80 bits per heavy atom. The molecule has 0 aliphatic rings. The van der Waals surface area contributed by atoms with Gasteiger partial charge in [-0.25, -0.2) is 4.39 Å². The molecule has 1 N–H and O–H groups in total. The zero-order chi connectivity index (χ0) is 14.4. The van der Waals surface area contributed by atoms with Gasteiger partial charge in [0.15, 0.2) is 0 Å². The van der Waals surface area contributed by atoms with Crippen LogP contribution in [0.25, 0.3) is 0 Å². The standard InChI is InChI=1S/C16H18ClFN2/c1-19-14(7-6-13-4-2-3-9-20-13)10-12-5-8-16(18)15(17)11-12/h2-5,8-9,11,14,19H,6-7,10H2,1H3. The maximum absolute atomic E-state index is 13.1. The number of halogens is 2. The number of nitrogens with zero attached hydrogens (tertiary/aromatic N) is 1. The average Bonchev–Trinajstić information content (AvgIpc) is 2.48. The Labute approximate surface area is 124 Å². The van der Waals surface area contributed by atoms with Crippen LogP contribution in [0.2, 0.25) is 5.02 Å². The summed E-state index contributed by atoms with van der Waals surface area (Å²) < 4.78 is 13.1. The average molecular weight is 293 g/mol. The lowest BCUT2D eigenvalue weighted by Gasteiger charge is -2.16. The summed E-state index contributed by atoms with van der Waals surface area (Å²) in [5.41, 5.74) is 2.13. The first-order valence-electron chi connectivity index (χ1n) is 6.70. The predicted molar refractivity (Wildman–Crippen MR) is 80.5 cm³/mol. The largest absolute Gasteiger partial charge is 0.317 e. The summed E-state index contributed by atoms with van der Waals surface area (Å²) in [7, 11) is 1.94. The highest BCUT2D eigenvalue weighted by Crippen LogP contribution is 2.18. The normalized spacial score (nSPS) is 12.3. The van der Waals surface area contributed by atoms with E-state index in [9.17, 15) is 4.39 Å². The number of benzene rings is 1. The van der Waals surface area contributed by atoms with Gasteiger partial charge in [-0.05, 0) is 56.1 Å². The van der Waals surface area contributed by atoms with Gasteiger partial charge in [-0.3, -0.25) is 4.98 Å². The molecule has 1 aromatic heterocycles. The fraction of sp³-hybridized carbons (Fsp3) is 0.312. The molecule has 0 aliphatic heterocycles. The van der Waals surface area contributed by atoms with E-state index in [-0.39, 0.29) is 10.8 Å². The molecule has 0 amide bonds. The minimum absolute atomic E-state index is 0.182. The van der Waals surface area contributed by atoms with E-state index in [1.165, 1.54) is 6.07 Å². The summed E-state index contributed by atoms with van der Waals surface area (Å²) in [4.78, 5) is 4.32. The van der Waals surface area contributed by atoms with Gasteiger partial charge in [0.25, 0.3) is 0 Å². The van der Waals surface area contributed by atoms with Crippen LogP contribution >= 0.6 is 11.6 Å². The summed E-state index contributed by atoms with van der Waals surface area (Å²) in [6.45, 7) is 0. The molecule has 0 radical (unpaired) electrons. The Morgan fingerprint density at radius 1 is 1.30 bits per heavy atom. The van der Waals surface area contributed by atoms with Crippen molar-refractivity contribution in [1.29, 1.82) is 0 Å². The minimum Gasteiger partial charge on any atom is -0.317 e. The number of hydrogen-bond acceptors (Lipinski definition) is 2. The van der Waals surface area contributed by atoms with Gasteiger partial charge in [-0.2, -0.15) is 0 Å². The van der Waals surface area contributed by atoms with Gasteiger partial charge in [0.05, 0.1) is 5.02 Å². The number of pyridine rings is 1. The molecule has 1 unspecified atom stereocenters. The summed E-state index contributed by atoms with van der Waals surface area (Å²) >= 11 is 5.81. The molecule has 1 aromatic carbocycles. The Morgan fingerprint density at radius 2 is 2.15 bits per heavy atom. The molecule has 4 heteroatoms. The summed E-state index contributed by atoms with van der Waals surface area (Å²) in [6, 6.07) is 11.2. The van der Waals surface area contributed by atoms with Crippen LogP contribution in [-0.4, -0.2) is 18.1 Å². The molecular formula is C16H18ClFN2. The van der Waals surface area contributed by atoms with E-state index < -0.39 is 0 Å². The molecule has 1 heterocycles. The molecule has 2 nitrogen and oxygen atoms in total. The van der Waals surface area contributed by atoms with Crippen LogP contribution in [0.1, 0.15) is 17.7 Å². The molecule has 0 fully saturated rings. The smallest absolute Gasteiger partial charge is 0.141 e. The van der Waals surface area contributed by atoms with Gasteiger partial charge < -0.3 is 5.32 Å². The number of nitrogens with one attached hydrogen (secondary N) is 1. The second kappa shape index (κ2) is 7.36. The van der Waals surface area contributed by atoms with Gasteiger partial charge in [-0.15, -0.1) is 0 Å². The lowest BCUT2D eigenvalue weighted by Crippen LogP contribution is -2.28. The SMILES string of the molecule is CNC(CCc1ccccn1)Cc1ccc(F)c(Cl)c1. The van der Waals surface area contributed by atoms with Crippen molar-refractivity contribution in [1.82, 2.24) is 10.3 Å². The summed E-state index contributed by atoms with van der Waals surface area (Å²) in [5, 5.41) is 3.47. The number of hydrogen-bond donors (Lipinski definition) is 1. The third kappa shape index (κ3) is 4.29. The Bertz CT molecular complexity index is 545. The molecule has 0 aliphatic carbocycles. The van der Waals surface area contributed by atoms with Gasteiger partial charge >= 0.3 is 0 Å². The van der Waals surface area contributed by atoms with Gasteiger partial charge in [0.2, 0.25) is 0 Å². The van der Waals surface area contributed by atoms with Crippen molar-refractivity contribution in [2.45, 2.75) is 25.3 Å². The molecule has 0 saturated heterocycles. The van der Waals surface area contributed by atoms with Gasteiger partial charge in [0.1, 0.15) is 5.82 Å². The van der Waals surface area contributed by atoms with Gasteiger partial charge in [0, 0.05) is 17.9 Å². The van der Waals surface area contributed by atoms with E-state index in [1.807, 2.05) is 31.4 Å². The van der Waals surface area contributed by atoms with E-state index in [2.05, 4.69) is 10.3 Å². The number of likely N-dealkylation sites (N-methyl/N-ethyl adjacent to an activating group) is 1. The molecule has 0 spiro atoms. The third-order valence-corrected chi connectivity index (χ3v) is 3.64. The zero-order valence-corrected chi connectivity index (χ0v) is 12.2. The van der Waals surface area contributed by atoms with Crippen LogP contribution in [0.4, 0.5) is 4.39 Å². The number of aromatic nitrogens is 1. The third-order valence-electron chi connectivity index (χ3n) is 3.35. The minimum atomic E-state index is -0.370. The second-order valence-electron chi connectivity index (χ2n) is 4.80. The van der Waals surface area contributed by atoms with Gasteiger partial charge in [-0.1, -0.05) is 23.7 Å². The lowest BCUT2D eigenvalue weighted by molar-refractivity contribution is 0.517. The molecule has 0 saturated carbocycles. The van der Waals surface area contributed by atoms with Crippen LogP contribution in [0.15, 0.2) is 42.6 Å². The number of rotatable bonds is 6. The van der Waals surface area contributed by atoms with Crippen molar-refractivity contribution < 1.29 is 4.39 Å². The van der Waals surface area contributed by atoms with E-state index in [1.54, 1.807) is 12.1 Å². The predicted octanol–water partition coefficient (Wildman–Crippen LogP) is 3.64. The van der Waals surface area contributed by atoms with Crippen LogP contribution in [-0.2, 0) is 12.8 Å². The van der Waals surface area contributed by atoms with E-state index in [0.29, 0.717) is 6.04 Å². The van der Waals surface area contributed by atoms with E-state index in [0.717, 1.165) is 30.5 Å². The fourth-order valence-electron chi connectivity index (χ4n) is 2.17. The van der Waals surface area contributed by atoms with Crippen LogP contribution < -0.4 is 5.32 Å². The second-order valence-corrected chi connectivity index (χ2v) is 5.21. The monoisotopic (exact) mass is 292 g/mol. The molecule has 2 aromatic rings. The van der Waals surface area contributed by atoms with Crippen LogP contribution in [0, 0.1) is 5.82 Å². The highest BCUT2D eigenvalue weighted by atomic mass is 35.5. The van der Waals surface area contributed by atoms with E-state index in [4.69, 9.17) is 11.6 Å². The fourth-order valence-corrected chi connectivity index (χ4v) is 2.37. The Kier molecular flexibility index (Phi) is 5.50. The van der Waals surface area contributed by atoms with Crippen molar-refractivity contribution in [3.8, 4) is 0 Å². The zero-order valence-electron chi connectivity index (χ0n) is 11.4. The lowest BCUT2D eigenvalue weighted by atomic mass is 10.0. The topological polar surface area (TPSA) is 24.9 Å².